The molecule has 0 saturated heterocycles. The summed E-state index contributed by atoms with van der Waals surface area (Å²) in [5.74, 6) is 0.325. The molecule has 132 valence electrons. The largest absolute Gasteiger partial charge is 0.389 e. The Balaban J connectivity index is 2.06. The molecule has 0 aliphatic rings. The van der Waals surface area contributed by atoms with Crippen molar-refractivity contribution >= 4 is 15.9 Å². The normalized spacial score (nSPS) is 12.6. The topological polar surface area (TPSA) is 55.9 Å². The number of halogens is 2. The monoisotopic (exact) mass is 406 g/mol. The number of benzene rings is 1. The highest BCUT2D eigenvalue weighted by Crippen LogP contribution is 2.30. The molecule has 0 spiro atoms. The highest BCUT2D eigenvalue weighted by Gasteiger charge is 2.18. The van der Waals surface area contributed by atoms with E-state index in [0.717, 1.165) is 28.0 Å². The van der Waals surface area contributed by atoms with E-state index in [0.29, 0.717) is 17.9 Å². The molecule has 0 bridgehead atoms. The fourth-order valence-electron chi connectivity index (χ4n) is 2.88. The van der Waals surface area contributed by atoms with Crippen LogP contribution in [0.25, 0.3) is 11.4 Å². The quantitative estimate of drug-likeness (QED) is 0.694. The van der Waals surface area contributed by atoms with Gasteiger partial charge in [0.25, 0.3) is 0 Å². The first-order chi connectivity index (χ1) is 11.9. The maximum atomic E-state index is 13.6. The summed E-state index contributed by atoms with van der Waals surface area (Å²) >= 11 is 3.58. The van der Waals surface area contributed by atoms with Gasteiger partial charge in [0.1, 0.15) is 16.2 Å². The lowest BCUT2D eigenvalue weighted by Crippen LogP contribution is -2.05. The van der Waals surface area contributed by atoms with Crippen LogP contribution in [0, 0.1) is 12.7 Å². The molecule has 0 saturated carbocycles. The van der Waals surface area contributed by atoms with Crippen LogP contribution < -0.4 is 0 Å². The zero-order chi connectivity index (χ0) is 18.1. The molecule has 5 nitrogen and oxygen atoms in total. The number of rotatable bonds is 5. The van der Waals surface area contributed by atoms with Crippen LogP contribution in [0.3, 0.4) is 0 Å². The summed E-state index contributed by atoms with van der Waals surface area (Å²) in [6.07, 6.45) is 2.98. The van der Waals surface area contributed by atoms with Gasteiger partial charge in [0.05, 0.1) is 24.5 Å². The van der Waals surface area contributed by atoms with Gasteiger partial charge in [0.2, 0.25) is 0 Å². The molecule has 3 rings (SSSR count). The fraction of sp³-hybridized carbons (Fsp3) is 0.333. The minimum Gasteiger partial charge on any atom is -0.389 e. The second-order valence-electron chi connectivity index (χ2n) is 6.02. The molecule has 2 aromatic heterocycles. The molecule has 25 heavy (non-hydrogen) atoms. The van der Waals surface area contributed by atoms with E-state index in [1.54, 1.807) is 13.0 Å². The van der Waals surface area contributed by atoms with Crippen molar-refractivity contribution in [2.24, 2.45) is 0 Å². The van der Waals surface area contributed by atoms with Crippen LogP contribution in [0.4, 0.5) is 4.39 Å². The molecule has 3 aromatic rings. The Bertz CT molecular complexity index is 901. The Kier molecular flexibility index (Phi) is 5.06. The smallest absolute Gasteiger partial charge is 0.140 e. The van der Waals surface area contributed by atoms with Gasteiger partial charge in [0.15, 0.2) is 0 Å². The van der Waals surface area contributed by atoms with E-state index in [9.17, 15) is 9.50 Å². The fourth-order valence-corrected chi connectivity index (χ4v) is 3.45. The summed E-state index contributed by atoms with van der Waals surface area (Å²) in [6, 6.07) is 4.42. The van der Waals surface area contributed by atoms with Gasteiger partial charge in [-0.05, 0) is 60.5 Å². The van der Waals surface area contributed by atoms with Gasteiger partial charge in [-0.15, -0.1) is 0 Å². The average molecular weight is 407 g/mol. The van der Waals surface area contributed by atoms with Crippen molar-refractivity contribution in [2.45, 2.75) is 40.0 Å². The van der Waals surface area contributed by atoms with E-state index in [1.807, 2.05) is 35.5 Å². The maximum absolute atomic E-state index is 13.6. The third kappa shape index (κ3) is 3.52. The lowest BCUT2D eigenvalue weighted by Gasteiger charge is -2.14. The molecular formula is C18H20BrFN4O. The molecule has 1 unspecified atom stereocenters. The number of hydrogen-bond donors (Lipinski definition) is 1. The highest BCUT2D eigenvalue weighted by atomic mass is 79.9. The Morgan fingerprint density at radius 1 is 1.36 bits per heavy atom. The first-order valence-corrected chi connectivity index (χ1v) is 8.91. The lowest BCUT2D eigenvalue weighted by atomic mass is 10.0. The molecule has 7 heteroatoms. The molecule has 0 aliphatic heterocycles. The van der Waals surface area contributed by atoms with Gasteiger partial charge in [-0.3, -0.25) is 4.68 Å². The van der Waals surface area contributed by atoms with Crippen LogP contribution in [0.1, 0.15) is 36.8 Å². The van der Waals surface area contributed by atoms with Crippen LogP contribution >= 0.6 is 15.9 Å². The lowest BCUT2D eigenvalue weighted by molar-refractivity contribution is 0.199. The van der Waals surface area contributed by atoms with E-state index >= 15 is 0 Å². The Morgan fingerprint density at radius 3 is 2.76 bits per heavy atom. The number of nitrogens with zero attached hydrogens (tertiary/aromatic N) is 4. The van der Waals surface area contributed by atoms with Crippen molar-refractivity contribution in [2.75, 3.05) is 0 Å². The van der Waals surface area contributed by atoms with Crippen molar-refractivity contribution < 1.29 is 9.50 Å². The standard InChI is InChI=1S/C18H20BrFN4O/c1-4-24-17(19)13(8-21-24)10-23-9-11(2)22-18(23)15-6-5-14(20)7-16(15)12(3)25/h5-9,12,25H,4,10H2,1-3H3. The van der Waals surface area contributed by atoms with Gasteiger partial charge in [-0.2, -0.15) is 5.10 Å². The first-order valence-electron chi connectivity index (χ1n) is 8.12. The molecule has 1 aromatic carbocycles. The number of aromatic nitrogens is 4. The number of aliphatic hydroxyl groups excluding tert-OH is 1. The van der Waals surface area contributed by atoms with Crippen molar-refractivity contribution in [3.63, 3.8) is 0 Å². The van der Waals surface area contributed by atoms with Crippen LogP contribution in [0.15, 0.2) is 35.2 Å². The molecule has 0 fully saturated rings. The molecule has 2 heterocycles. The van der Waals surface area contributed by atoms with Crippen molar-refractivity contribution in [1.82, 2.24) is 19.3 Å². The first kappa shape index (κ1) is 17.8. The van der Waals surface area contributed by atoms with Crippen molar-refractivity contribution in [3.8, 4) is 11.4 Å². The highest BCUT2D eigenvalue weighted by molar-refractivity contribution is 9.10. The SMILES string of the molecule is CCn1ncc(Cn2cc(C)nc2-c2ccc(F)cc2C(C)O)c1Br. The zero-order valence-corrected chi connectivity index (χ0v) is 16.0. The van der Waals surface area contributed by atoms with Crippen molar-refractivity contribution in [1.29, 1.82) is 0 Å². The number of hydrogen-bond acceptors (Lipinski definition) is 3. The van der Waals surface area contributed by atoms with Crippen molar-refractivity contribution in [3.05, 3.63) is 57.8 Å². The van der Waals surface area contributed by atoms with E-state index in [1.165, 1.54) is 12.1 Å². The summed E-state index contributed by atoms with van der Waals surface area (Å²) in [6.45, 7) is 6.92. The summed E-state index contributed by atoms with van der Waals surface area (Å²) in [5, 5.41) is 14.4. The van der Waals surface area contributed by atoms with E-state index in [2.05, 4.69) is 26.0 Å². The molecule has 1 N–H and O–H groups in total. The third-order valence-electron chi connectivity index (χ3n) is 4.09. The number of aryl methyl sites for hydroxylation is 2. The summed E-state index contributed by atoms with van der Waals surface area (Å²) in [4.78, 5) is 4.59. The minimum absolute atomic E-state index is 0.374. The van der Waals surface area contributed by atoms with Gasteiger partial charge in [0, 0.05) is 23.9 Å². The summed E-state index contributed by atoms with van der Waals surface area (Å²) in [5.41, 5.74) is 3.13. The number of imidazole rings is 1. The van der Waals surface area contributed by atoms with E-state index in [-0.39, 0.29) is 5.82 Å². The second kappa shape index (κ2) is 7.09. The Labute approximate surface area is 154 Å². The molecule has 1 atom stereocenters. The van der Waals surface area contributed by atoms with Gasteiger partial charge >= 0.3 is 0 Å². The molecular weight excluding hydrogens is 387 g/mol. The molecule has 0 amide bonds. The van der Waals surface area contributed by atoms with Gasteiger partial charge in [-0.25, -0.2) is 9.37 Å². The van der Waals surface area contributed by atoms with Gasteiger partial charge < -0.3 is 9.67 Å². The number of aliphatic hydroxyl groups is 1. The van der Waals surface area contributed by atoms with Crippen LogP contribution in [-0.4, -0.2) is 24.4 Å². The van der Waals surface area contributed by atoms with Gasteiger partial charge in [-0.1, -0.05) is 0 Å². The average Bonchev–Trinajstić information content (AvgIpc) is 3.10. The Morgan fingerprint density at radius 2 is 2.12 bits per heavy atom. The van der Waals surface area contributed by atoms with Crippen LogP contribution in [0.2, 0.25) is 0 Å². The predicted octanol–water partition coefficient (Wildman–Crippen LogP) is 4.08. The van der Waals surface area contributed by atoms with Crippen LogP contribution in [0.5, 0.6) is 0 Å². The molecule has 0 radical (unpaired) electrons. The van der Waals surface area contributed by atoms with E-state index < -0.39 is 6.10 Å². The zero-order valence-electron chi connectivity index (χ0n) is 14.4. The van der Waals surface area contributed by atoms with Crippen LogP contribution in [-0.2, 0) is 13.1 Å². The maximum Gasteiger partial charge on any atom is 0.140 e. The molecule has 0 aliphatic carbocycles. The second-order valence-corrected chi connectivity index (χ2v) is 6.77. The summed E-state index contributed by atoms with van der Waals surface area (Å²) in [7, 11) is 0. The van der Waals surface area contributed by atoms with E-state index in [4.69, 9.17) is 0 Å². The Hall–Kier alpha value is -1.99. The third-order valence-corrected chi connectivity index (χ3v) is 5.01. The minimum atomic E-state index is -0.786. The predicted molar refractivity (Wildman–Crippen MR) is 97.7 cm³/mol. The summed E-state index contributed by atoms with van der Waals surface area (Å²) < 4.78 is 18.4.